The van der Waals surface area contributed by atoms with Gasteiger partial charge in [0.15, 0.2) is 0 Å². The number of nitrogens with zero attached hydrogens (tertiary/aromatic N) is 2. The van der Waals surface area contributed by atoms with Crippen LogP contribution in [0.1, 0.15) is 48.1 Å². The van der Waals surface area contributed by atoms with Gasteiger partial charge in [0.1, 0.15) is 12.6 Å². The number of hydrogen-bond donors (Lipinski definition) is 1. The molecule has 0 aliphatic heterocycles. The van der Waals surface area contributed by atoms with Gasteiger partial charge in [-0.15, -0.1) is 0 Å². The molecule has 254 valence electrons. The highest BCUT2D eigenvalue weighted by Crippen LogP contribution is 2.33. The third kappa shape index (κ3) is 9.25. The molecule has 4 aromatic rings. The van der Waals surface area contributed by atoms with Crippen molar-refractivity contribution in [3.05, 3.63) is 131 Å². The molecule has 7 nitrogen and oxygen atoms in total. The van der Waals surface area contributed by atoms with Crippen molar-refractivity contribution in [2.24, 2.45) is 0 Å². The first kappa shape index (κ1) is 36.2. The van der Waals surface area contributed by atoms with E-state index in [1.807, 2.05) is 75.4 Å². The highest BCUT2D eigenvalue weighted by atomic mass is 32.2. The minimum absolute atomic E-state index is 0.0500. The lowest BCUT2D eigenvalue weighted by Crippen LogP contribution is -2.54. The van der Waals surface area contributed by atoms with Crippen molar-refractivity contribution in [1.29, 1.82) is 0 Å². The molecule has 11 heteroatoms. The van der Waals surface area contributed by atoms with Crippen LogP contribution < -0.4 is 9.62 Å². The topological polar surface area (TPSA) is 86.8 Å². The van der Waals surface area contributed by atoms with E-state index >= 15 is 0 Å². The molecule has 2 unspecified atom stereocenters. The Bertz CT molecular complexity index is 1800. The second-order valence-corrected chi connectivity index (χ2v) is 13.8. The van der Waals surface area contributed by atoms with Gasteiger partial charge in [-0.3, -0.25) is 13.9 Å². The molecule has 48 heavy (non-hydrogen) atoms. The van der Waals surface area contributed by atoms with Gasteiger partial charge >= 0.3 is 6.18 Å². The zero-order valence-corrected chi connectivity index (χ0v) is 28.2. The second kappa shape index (κ2) is 15.5. The van der Waals surface area contributed by atoms with Gasteiger partial charge in [0.2, 0.25) is 11.8 Å². The van der Waals surface area contributed by atoms with Crippen LogP contribution in [0.4, 0.5) is 18.9 Å². The first-order chi connectivity index (χ1) is 22.7. The third-order valence-corrected chi connectivity index (χ3v) is 9.88. The number of alkyl halides is 3. The second-order valence-electron chi connectivity index (χ2n) is 11.9. The molecule has 0 aliphatic carbocycles. The number of aryl methyl sites for hydroxylation is 2. The Morgan fingerprint density at radius 3 is 2.00 bits per heavy atom. The van der Waals surface area contributed by atoms with Crippen LogP contribution in [0.5, 0.6) is 0 Å². The molecule has 0 saturated heterocycles. The van der Waals surface area contributed by atoms with Crippen molar-refractivity contribution in [1.82, 2.24) is 10.2 Å². The molecule has 0 saturated carbocycles. The number of sulfonamides is 1. The number of hydrogen-bond acceptors (Lipinski definition) is 4. The summed E-state index contributed by atoms with van der Waals surface area (Å²) < 4.78 is 70.4. The summed E-state index contributed by atoms with van der Waals surface area (Å²) in [5, 5.41) is 2.96. The van der Waals surface area contributed by atoms with Gasteiger partial charge in [0, 0.05) is 19.0 Å². The molecule has 0 aliphatic rings. The number of anilines is 1. The smallest absolute Gasteiger partial charge is 0.352 e. The van der Waals surface area contributed by atoms with Crippen LogP contribution in [0.3, 0.4) is 0 Å². The lowest BCUT2D eigenvalue weighted by Gasteiger charge is -2.34. The molecule has 0 spiro atoms. The Balaban J connectivity index is 1.84. The Morgan fingerprint density at radius 1 is 0.812 bits per heavy atom. The van der Waals surface area contributed by atoms with Crippen LogP contribution >= 0.6 is 0 Å². The largest absolute Gasteiger partial charge is 0.416 e. The highest BCUT2D eigenvalue weighted by Gasteiger charge is 2.36. The number of halogens is 3. The van der Waals surface area contributed by atoms with Gasteiger partial charge in [0.05, 0.1) is 16.1 Å². The van der Waals surface area contributed by atoms with Crippen LogP contribution in [0, 0.1) is 13.8 Å². The summed E-state index contributed by atoms with van der Waals surface area (Å²) >= 11 is 0. The molecule has 2 atom stereocenters. The average molecular weight is 680 g/mol. The van der Waals surface area contributed by atoms with Crippen molar-refractivity contribution in [3.8, 4) is 0 Å². The molecule has 0 fully saturated rings. The van der Waals surface area contributed by atoms with Crippen LogP contribution in [-0.2, 0) is 38.8 Å². The molecule has 0 bridgehead atoms. The van der Waals surface area contributed by atoms with E-state index in [0.717, 1.165) is 28.8 Å². The van der Waals surface area contributed by atoms with E-state index in [1.54, 1.807) is 19.1 Å². The maximum absolute atomic E-state index is 14.5. The fourth-order valence-electron chi connectivity index (χ4n) is 5.09. The average Bonchev–Trinajstić information content (AvgIpc) is 3.06. The summed E-state index contributed by atoms with van der Waals surface area (Å²) in [5.41, 5.74) is 1.81. The van der Waals surface area contributed by atoms with E-state index in [1.165, 1.54) is 23.1 Å². The van der Waals surface area contributed by atoms with Crippen molar-refractivity contribution in [3.63, 3.8) is 0 Å². The SMILES string of the molecule is CCC(C)NC(=O)C(Cc1ccccc1)N(Cc1ccc(C)cc1)C(=O)CN(c1cccc(C(F)(F)F)c1)S(=O)(=O)c1ccc(C)cc1. The third-order valence-electron chi connectivity index (χ3n) is 8.09. The maximum Gasteiger partial charge on any atom is 0.416 e. The predicted octanol–water partition coefficient (Wildman–Crippen LogP) is 7.07. The van der Waals surface area contributed by atoms with Gasteiger partial charge in [-0.1, -0.05) is 90.8 Å². The minimum atomic E-state index is -4.76. The molecule has 0 aromatic heterocycles. The van der Waals surface area contributed by atoms with Gasteiger partial charge < -0.3 is 10.2 Å². The molecule has 0 radical (unpaired) electrons. The van der Waals surface area contributed by atoms with Crippen molar-refractivity contribution in [2.75, 3.05) is 10.8 Å². The summed E-state index contributed by atoms with van der Waals surface area (Å²) in [4.78, 5) is 29.6. The Morgan fingerprint density at radius 2 is 1.42 bits per heavy atom. The van der Waals surface area contributed by atoms with Gasteiger partial charge in [-0.05, 0) is 68.7 Å². The molecular weight excluding hydrogens is 639 g/mol. The summed E-state index contributed by atoms with van der Waals surface area (Å²) in [6, 6.07) is 24.9. The standard InChI is InChI=1S/C37H40F3N3O4S/c1-5-28(4)41-36(45)34(22-29-10-7-6-8-11-29)42(24-30-18-14-26(2)15-19-30)35(44)25-43(32-13-9-12-31(23-32)37(38,39)40)48(46,47)33-20-16-27(3)17-21-33/h6-21,23,28,34H,5,22,24-25H2,1-4H3,(H,41,45). The fraction of sp³-hybridized carbons (Fsp3) is 0.297. The summed E-state index contributed by atoms with van der Waals surface area (Å²) in [6.45, 7) is 6.53. The van der Waals surface area contributed by atoms with E-state index in [4.69, 9.17) is 0 Å². The van der Waals surface area contributed by atoms with E-state index < -0.39 is 46.2 Å². The lowest BCUT2D eigenvalue weighted by atomic mass is 10.0. The molecule has 4 rings (SSSR count). The van der Waals surface area contributed by atoms with Crippen LogP contribution in [0.25, 0.3) is 0 Å². The summed E-state index contributed by atoms with van der Waals surface area (Å²) in [6.07, 6.45) is -4.01. The van der Waals surface area contributed by atoms with Crippen LogP contribution in [-0.4, -0.2) is 43.8 Å². The molecule has 0 heterocycles. The molecule has 2 amide bonds. The van der Waals surface area contributed by atoms with Gasteiger partial charge in [0.25, 0.3) is 10.0 Å². The summed E-state index contributed by atoms with van der Waals surface area (Å²) in [7, 11) is -4.55. The number of amides is 2. The predicted molar refractivity (Wildman–Crippen MR) is 181 cm³/mol. The summed E-state index contributed by atoms with van der Waals surface area (Å²) in [5.74, 6) is -1.19. The van der Waals surface area contributed by atoms with Crippen LogP contribution in [0.2, 0.25) is 0 Å². The van der Waals surface area contributed by atoms with E-state index in [2.05, 4.69) is 5.32 Å². The van der Waals surface area contributed by atoms with Gasteiger partial charge in [-0.25, -0.2) is 8.42 Å². The van der Waals surface area contributed by atoms with Crippen LogP contribution in [0.15, 0.2) is 108 Å². The fourth-order valence-corrected chi connectivity index (χ4v) is 6.49. The van der Waals surface area contributed by atoms with E-state index in [0.29, 0.717) is 22.4 Å². The maximum atomic E-state index is 14.5. The Labute approximate surface area is 280 Å². The van der Waals surface area contributed by atoms with Crippen molar-refractivity contribution in [2.45, 2.75) is 70.2 Å². The first-order valence-corrected chi connectivity index (χ1v) is 17.1. The highest BCUT2D eigenvalue weighted by molar-refractivity contribution is 7.92. The molecule has 1 N–H and O–H groups in total. The number of nitrogens with one attached hydrogen (secondary N) is 1. The lowest BCUT2D eigenvalue weighted by molar-refractivity contribution is -0.140. The molecule has 4 aromatic carbocycles. The minimum Gasteiger partial charge on any atom is -0.352 e. The molecular formula is C37H40F3N3O4S. The van der Waals surface area contributed by atoms with Gasteiger partial charge in [-0.2, -0.15) is 13.2 Å². The Kier molecular flexibility index (Phi) is 11.7. The van der Waals surface area contributed by atoms with E-state index in [9.17, 15) is 31.2 Å². The Hall–Kier alpha value is -4.64. The number of carbonyl (C=O) groups excluding carboxylic acids is 2. The zero-order chi connectivity index (χ0) is 35.1. The first-order valence-electron chi connectivity index (χ1n) is 15.6. The number of carbonyl (C=O) groups is 2. The zero-order valence-electron chi connectivity index (χ0n) is 27.4. The van der Waals surface area contributed by atoms with E-state index in [-0.39, 0.29) is 29.6 Å². The quantitative estimate of drug-likeness (QED) is 0.164. The van der Waals surface area contributed by atoms with Crippen molar-refractivity contribution < 1.29 is 31.2 Å². The normalized spacial score (nSPS) is 13.0. The number of benzene rings is 4. The number of rotatable bonds is 13. The monoisotopic (exact) mass is 679 g/mol. The van der Waals surface area contributed by atoms with Crippen molar-refractivity contribution >= 4 is 27.5 Å².